The van der Waals surface area contributed by atoms with Crippen molar-refractivity contribution in [3.8, 4) is 39.5 Å². The van der Waals surface area contributed by atoms with E-state index in [-0.39, 0.29) is 20.1 Å². The molecule has 0 amide bonds. The summed E-state index contributed by atoms with van der Waals surface area (Å²) in [7, 11) is 0. The number of aromatic nitrogens is 3. The van der Waals surface area contributed by atoms with Crippen LogP contribution in [-0.4, -0.2) is 27.8 Å². The van der Waals surface area contributed by atoms with Gasteiger partial charge in [0.25, 0.3) is 0 Å². The summed E-state index contributed by atoms with van der Waals surface area (Å²) in [6, 6.07) is 65.0. The van der Waals surface area contributed by atoms with Gasteiger partial charge >= 0.3 is 99.8 Å². The van der Waals surface area contributed by atoms with Crippen LogP contribution in [0, 0.1) is 26.0 Å². The summed E-state index contributed by atoms with van der Waals surface area (Å²) >= 11 is 0.109. The predicted octanol–water partition coefficient (Wildman–Crippen LogP) is 14.5. The summed E-state index contributed by atoms with van der Waals surface area (Å²) in [5.74, 6) is 8.07. The molecule has 11 aromatic rings. The first-order chi connectivity index (χ1) is 29.2. The van der Waals surface area contributed by atoms with Crippen molar-refractivity contribution in [1.82, 2.24) is 14.5 Å². The van der Waals surface area contributed by atoms with E-state index in [9.17, 15) is 0 Å². The fourth-order valence-corrected chi connectivity index (χ4v) is 11.9. The minimum Gasteiger partial charge on any atom is 0 e. The quantitative estimate of drug-likeness (QED) is 0.0977. The number of benzene rings is 8. The first kappa shape index (κ1) is 40.7. The van der Waals surface area contributed by atoms with Crippen LogP contribution >= 0.6 is 11.3 Å². The minimum absolute atomic E-state index is 0. The maximum atomic E-state index is 5.44. The molecule has 0 saturated carbocycles. The van der Waals surface area contributed by atoms with Crippen LogP contribution in [0.25, 0.3) is 92.2 Å². The molecule has 3 heterocycles. The molecule has 0 atom stereocenters. The van der Waals surface area contributed by atoms with E-state index in [0.29, 0.717) is 0 Å². The van der Waals surface area contributed by atoms with E-state index in [1.165, 1.54) is 74.1 Å². The smallest absolute Gasteiger partial charge is 0 e. The SMILES string of the molecule is Cc1cc(-c2ccccc2)cc(C)c1-n1c(-c2[c-]ccc3c2sc2ccccc23)nc2cc3c(ccc4ccccc43)cc21.[CH3][Ge]([CH3])([CH3])[c]1ccc(-c2[c-]cccc2)nc1.[Ir]. The molecule has 0 saturated heterocycles. The zero-order valence-electron chi connectivity index (χ0n) is 34.7. The van der Waals surface area contributed by atoms with Crippen LogP contribution in [-0.2, 0) is 20.1 Å². The Morgan fingerprint density at radius 3 is 2.05 bits per heavy atom. The second-order valence-corrected chi connectivity index (χ2v) is 28.3. The van der Waals surface area contributed by atoms with E-state index >= 15 is 0 Å². The molecule has 8 aromatic carbocycles. The van der Waals surface area contributed by atoms with Gasteiger partial charge in [0.2, 0.25) is 0 Å². The van der Waals surface area contributed by atoms with Crippen LogP contribution in [0.3, 0.4) is 0 Å². The molecule has 0 unspecified atom stereocenters. The fourth-order valence-electron chi connectivity index (χ4n) is 8.48. The van der Waals surface area contributed by atoms with Crippen LogP contribution in [0.15, 0.2) is 170 Å². The van der Waals surface area contributed by atoms with Crippen LogP contribution in [0.5, 0.6) is 0 Å². The van der Waals surface area contributed by atoms with Crippen molar-refractivity contribution in [2.24, 2.45) is 0 Å². The number of aryl methyl sites for hydroxylation is 2. The Kier molecular flexibility index (Phi) is 11.1. The first-order valence-electron chi connectivity index (χ1n) is 20.5. The summed E-state index contributed by atoms with van der Waals surface area (Å²) in [5.41, 5.74) is 11.3. The third-order valence-electron chi connectivity index (χ3n) is 11.5. The number of nitrogens with zero attached hydrogens (tertiary/aromatic N) is 3. The van der Waals surface area contributed by atoms with Crippen molar-refractivity contribution in [1.29, 1.82) is 0 Å². The Morgan fingerprint density at radius 2 is 1.31 bits per heavy atom. The van der Waals surface area contributed by atoms with E-state index in [1.54, 1.807) is 0 Å². The predicted molar refractivity (Wildman–Crippen MR) is 260 cm³/mol. The van der Waals surface area contributed by atoms with Gasteiger partial charge in [-0.3, -0.25) is 4.98 Å². The number of hydrogen-bond acceptors (Lipinski definition) is 3. The van der Waals surface area contributed by atoms with Crippen molar-refractivity contribution < 1.29 is 20.1 Å². The second kappa shape index (κ2) is 16.6. The molecule has 0 bridgehead atoms. The summed E-state index contributed by atoms with van der Waals surface area (Å²) < 4.78 is 6.33. The summed E-state index contributed by atoms with van der Waals surface area (Å²) in [4.78, 5) is 9.97. The normalized spacial score (nSPS) is 11.6. The monoisotopic (exact) mass is 1040 g/mol. The van der Waals surface area contributed by atoms with Gasteiger partial charge in [-0.15, -0.1) is 18.2 Å². The molecule has 1 radical (unpaired) electrons. The molecule has 0 fully saturated rings. The molecule has 0 aliphatic carbocycles. The molecular weight excluding hydrogens is 1000 g/mol. The molecule has 0 spiro atoms. The Labute approximate surface area is 377 Å². The molecule has 0 aliphatic rings. The zero-order chi connectivity index (χ0) is 41.0. The third-order valence-corrected chi connectivity index (χ3v) is 17.0. The molecule has 0 aliphatic heterocycles. The summed E-state index contributed by atoms with van der Waals surface area (Å²) in [6.45, 7) is 4.45. The Hall–Kier alpha value is -5.69. The van der Waals surface area contributed by atoms with Crippen molar-refractivity contribution >= 4 is 81.7 Å². The van der Waals surface area contributed by atoms with Crippen LogP contribution < -0.4 is 4.40 Å². The number of thiophene rings is 1. The van der Waals surface area contributed by atoms with Gasteiger partial charge in [-0.25, -0.2) is 0 Å². The zero-order valence-corrected chi connectivity index (χ0v) is 40.1. The number of fused-ring (bicyclic) bond motifs is 7. The van der Waals surface area contributed by atoms with Gasteiger partial charge in [0.15, 0.2) is 0 Å². The molecule has 11 rings (SSSR count). The van der Waals surface area contributed by atoms with Gasteiger partial charge in [0, 0.05) is 30.5 Å². The average molecular weight is 1040 g/mol. The van der Waals surface area contributed by atoms with Gasteiger partial charge in [0.1, 0.15) is 0 Å². The molecule has 299 valence electrons. The van der Waals surface area contributed by atoms with Gasteiger partial charge in [0.05, 0.1) is 16.9 Å². The maximum absolute atomic E-state index is 5.44. The number of imidazole rings is 1. The average Bonchev–Trinajstić information content (AvgIpc) is 3.84. The van der Waals surface area contributed by atoms with Gasteiger partial charge in [-0.2, -0.15) is 11.3 Å². The van der Waals surface area contributed by atoms with Gasteiger partial charge in [-0.05, 0) is 98.1 Å². The third kappa shape index (κ3) is 7.66. The minimum atomic E-state index is -1.72. The van der Waals surface area contributed by atoms with Crippen molar-refractivity contribution in [3.63, 3.8) is 0 Å². The fraction of sp³-hybridized carbons (Fsp3) is 0.0909. The Bertz CT molecular complexity index is 3340. The van der Waals surface area contributed by atoms with E-state index < -0.39 is 13.3 Å². The Balaban J connectivity index is 0.000000237. The van der Waals surface area contributed by atoms with E-state index in [2.05, 4.69) is 192 Å². The molecule has 3 aromatic heterocycles. The van der Waals surface area contributed by atoms with E-state index in [4.69, 9.17) is 4.98 Å². The standard InChI is InChI=1S/C41H27N2S.C14H16GeN.Ir/c1-25-21-30(27-11-4-3-5-12-27)22-26(2)39(25)43-37-23-29-20-19-28-13-6-7-14-31(28)35(29)24-36(37)42-41(43)34-17-10-16-33-32-15-8-9-18-38(32)44-40(33)34;1-15(2,3)13-9-10-14(16-11-13)12-7-5-4-6-8-12;/h3-16,18-24H,1-2H3;4-7,9-11H,1-3H3;/q2*-1;. The largest absolute Gasteiger partial charge is 0 e. The summed E-state index contributed by atoms with van der Waals surface area (Å²) in [5, 5.41) is 7.46. The van der Waals surface area contributed by atoms with Crippen LogP contribution in [0.4, 0.5) is 0 Å². The number of pyridine rings is 1. The van der Waals surface area contributed by atoms with E-state index in [0.717, 1.165) is 33.7 Å². The molecule has 61 heavy (non-hydrogen) atoms. The van der Waals surface area contributed by atoms with E-state index in [1.807, 2.05) is 41.8 Å². The van der Waals surface area contributed by atoms with Crippen LogP contribution in [0.2, 0.25) is 17.3 Å². The summed E-state index contributed by atoms with van der Waals surface area (Å²) in [6.07, 6.45) is 2.04. The van der Waals surface area contributed by atoms with Gasteiger partial charge in [-0.1, -0.05) is 95.9 Å². The van der Waals surface area contributed by atoms with Crippen molar-refractivity contribution in [3.05, 3.63) is 193 Å². The number of rotatable bonds is 5. The molecular formula is C55H43GeIrN3S-2. The van der Waals surface area contributed by atoms with Crippen molar-refractivity contribution in [2.75, 3.05) is 0 Å². The molecule has 0 N–H and O–H groups in total. The molecule has 6 heteroatoms. The van der Waals surface area contributed by atoms with Crippen LogP contribution in [0.1, 0.15) is 11.1 Å². The second-order valence-electron chi connectivity index (χ2n) is 16.6. The maximum Gasteiger partial charge on any atom is 0 e. The number of hydrogen-bond donors (Lipinski definition) is 0. The Morgan fingerprint density at radius 1 is 0.590 bits per heavy atom. The van der Waals surface area contributed by atoms with Gasteiger partial charge < -0.3 is 4.57 Å². The molecule has 3 nitrogen and oxygen atoms in total. The topological polar surface area (TPSA) is 30.7 Å². The van der Waals surface area contributed by atoms with Crippen molar-refractivity contribution in [2.45, 2.75) is 31.1 Å². The first-order valence-corrected chi connectivity index (χ1v) is 28.6.